The zero-order valence-electron chi connectivity index (χ0n) is 16.4. The fourth-order valence-electron chi connectivity index (χ4n) is 4.27. The number of carbonyl (C=O) groups is 2. The van der Waals surface area contributed by atoms with E-state index in [-0.39, 0.29) is 29.5 Å². The first kappa shape index (κ1) is 20.0. The summed E-state index contributed by atoms with van der Waals surface area (Å²) in [6.45, 7) is 2.77. The first-order valence-electron chi connectivity index (χ1n) is 10.2. The van der Waals surface area contributed by atoms with Crippen LogP contribution in [-0.2, 0) is 4.79 Å². The van der Waals surface area contributed by atoms with E-state index in [9.17, 15) is 14.0 Å². The van der Waals surface area contributed by atoms with Crippen molar-refractivity contribution in [1.29, 1.82) is 0 Å². The lowest BCUT2D eigenvalue weighted by Gasteiger charge is -2.33. The standard InChI is InChI=1S/C22H26FN3O2S/c23-18-6-2-1-5-17(18)22(28)24-16-9-12-25(13-10-16)15-21(27)26-11-3-7-19(26)20-8-4-14-29-20/h1-2,4-6,8,14,16,19H,3,7,9-13,15H2,(H,24,28). The van der Waals surface area contributed by atoms with Crippen molar-refractivity contribution in [1.82, 2.24) is 15.1 Å². The van der Waals surface area contributed by atoms with E-state index in [1.165, 1.54) is 17.0 Å². The number of likely N-dealkylation sites (tertiary alicyclic amines) is 2. The van der Waals surface area contributed by atoms with Crippen LogP contribution in [0.4, 0.5) is 4.39 Å². The lowest BCUT2D eigenvalue weighted by atomic mass is 10.0. The number of hydrogen-bond donors (Lipinski definition) is 1. The van der Waals surface area contributed by atoms with Gasteiger partial charge in [-0.3, -0.25) is 14.5 Å². The molecule has 7 heteroatoms. The summed E-state index contributed by atoms with van der Waals surface area (Å²) in [5.74, 6) is -0.679. The van der Waals surface area contributed by atoms with Gasteiger partial charge < -0.3 is 10.2 Å². The van der Waals surface area contributed by atoms with Crippen molar-refractivity contribution in [2.75, 3.05) is 26.2 Å². The van der Waals surface area contributed by atoms with E-state index in [0.717, 1.165) is 45.3 Å². The highest BCUT2D eigenvalue weighted by Gasteiger charge is 2.32. The normalized spacial score (nSPS) is 20.7. The molecule has 0 spiro atoms. The predicted molar refractivity (Wildman–Crippen MR) is 111 cm³/mol. The Hall–Kier alpha value is -2.25. The average molecular weight is 416 g/mol. The predicted octanol–water partition coefficient (Wildman–Crippen LogP) is 3.45. The zero-order valence-corrected chi connectivity index (χ0v) is 17.2. The molecule has 0 bridgehead atoms. The van der Waals surface area contributed by atoms with Crippen LogP contribution in [0.15, 0.2) is 41.8 Å². The summed E-state index contributed by atoms with van der Waals surface area (Å²) in [7, 11) is 0. The largest absolute Gasteiger partial charge is 0.349 e. The van der Waals surface area contributed by atoms with Gasteiger partial charge in [0.25, 0.3) is 5.91 Å². The quantitative estimate of drug-likeness (QED) is 0.814. The minimum absolute atomic E-state index is 0.0131. The molecule has 1 N–H and O–H groups in total. The first-order valence-corrected chi connectivity index (χ1v) is 11.1. The van der Waals surface area contributed by atoms with Crippen molar-refractivity contribution >= 4 is 23.2 Å². The molecule has 3 heterocycles. The molecule has 154 valence electrons. The maximum atomic E-state index is 13.8. The van der Waals surface area contributed by atoms with E-state index in [0.29, 0.717) is 6.54 Å². The van der Waals surface area contributed by atoms with E-state index in [2.05, 4.69) is 21.7 Å². The second-order valence-electron chi connectivity index (χ2n) is 7.76. The highest BCUT2D eigenvalue weighted by Crippen LogP contribution is 2.34. The Morgan fingerprint density at radius 3 is 2.59 bits per heavy atom. The molecule has 4 rings (SSSR count). The van der Waals surface area contributed by atoms with Gasteiger partial charge in [0.2, 0.25) is 5.91 Å². The molecule has 1 aromatic heterocycles. The minimum atomic E-state index is -0.501. The van der Waals surface area contributed by atoms with Crippen molar-refractivity contribution < 1.29 is 14.0 Å². The summed E-state index contributed by atoms with van der Waals surface area (Å²) in [5, 5.41) is 5.00. The Morgan fingerprint density at radius 2 is 1.86 bits per heavy atom. The van der Waals surface area contributed by atoms with Crippen molar-refractivity contribution in [3.63, 3.8) is 0 Å². The van der Waals surface area contributed by atoms with Crippen LogP contribution in [0.25, 0.3) is 0 Å². The summed E-state index contributed by atoms with van der Waals surface area (Å²) >= 11 is 1.72. The molecule has 0 saturated carbocycles. The lowest BCUT2D eigenvalue weighted by Crippen LogP contribution is -2.48. The molecule has 29 heavy (non-hydrogen) atoms. The van der Waals surface area contributed by atoms with E-state index in [1.54, 1.807) is 23.5 Å². The SMILES string of the molecule is O=C(NC1CCN(CC(=O)N2CCCC2c2cccs2)CC1)c1ccccc1F. The first-order chi connectivity index (χ1) is 14.1. The lowest BCUT2D eigenvalue weighted by molar-refractivity contribution is -0.133. The average Bonchev–Trinajstić information content (AvgIpc) is 3.41. The van der Waals surface area contributed by atoms with E-state index < -0.39 is 5.82 Å². The van der Waals surface area contributed by atoms with Gasteiger partial charge in [-0.05, 0) is 49.3 Å². The van der Waals surface area contributed by atoms with Crippen LogP contribution in [0.5, 0.6) is 0 Å². The Labute approximate surface area is 174 Å². The molecule has 5 nitrogen and oxygen atoms in total. The number of hydrogen-bond acceptors (Lipinski definition) is 4. The summed E-state index contributed by atoms with van der Waals surface area (Å²) in [6, 6.07) is 10.4. The molecular weight excluding hydrogens is 389 g/mol. The second kappa shape index (κ2) is 9.05. The molecule has 2 aliphatic heterocycles. The Balaban J connectivity index is 1.26. The van der Waals surface area contributed by atoms with E-state index >= 15 is 0 Å². The Morgan fingerprint density at radius 1 is 1.07 bits per heavy atom. The van der Waals surface area contributed by atoms with Gasteiger partial charge in [0.05, 0.1) is 18.2 Å². The third-order valence-corrected chi connectivity index (χ3v) is 6.82. The fraction of sp³-hybridized carbons (Fsp3) is 0.455. The number of halogens is 1. The van der Waals surface area contributed by atoms with Gasteiger partial charge in [-0.15, -0.1) is 11.3 Å². The zero-order chi connectivity index (χ0) is 20.2. The van der Waals surface area contributed by atoms with Crippen LogP contribution in [0.2, 0.25) is 0 Å². The Kier molecular flexibility index (Phi) is 6.25. The second-order valence-corrected chi connectivity index (χ2v) is 8.74. The topological polar surface area (TPSA) is 52.7 Å². The molecule has 2 amide bonds. The molecule has 1 atom stereocenters. The van der Waals surface area contributed by atoms with Crippen molar-refractivity contribution in [3.05, 3.63) is 58.0 Å². The maximum absolute atomic E-state index is 13.8. The van der Waals surface area contributed by atoms with E-state index in [4.69, 9.17) is 0 Å². The summed E-state index contributed by atoms with van der Waals surface area (Å²) < 4.78 is 13.8. The molecule has 2 aliphatic rings. The van der Waals surface area contributed by atoms with Crippen LogP contribution in [-0.4, -0.2) is 53.8 Å². The number of piperidine rings is 1. The van der Waals surface area contributed by atoms with Gasteiger partial charge in [0, 0.05) is 30.6 Å². The number of rotatable bonds is 5. The number of thiophene rings is 1. The van der Waals surface area contributed by atoms with Crippen molar-refractivity contribution in [2.24, 2.45) is 0 Å². The summed E-state index contributed by atoms with van der Waals surface area (Å²) in [4.78, 5) is 30.6. The molecule has 2 aromatic rings. The number of nitrogens with one attached hydrogen (secondary N) is 1. The number of nitrogens with zero attached hydrogens (tertiary/aromatic N) is 2. The minimum Gasteiger partial charge on any atom is -0.349 e. The summed E-state index contributed by atoms with van der Waals surface area (Å²) in [5.41, 5.74) is 0.0822. The molecular formula is C22H26FN3O2S. The molecule has 2 fully saturated rings. The van der Waals surface area contributed by atoms with Gasteiger partial charge in [-0.2, -0.15) is 0 Å². The van der Waals surface area contributed by atoms with Gasteiger partial charge in [-0.25, -0.2) is 4.39 Å². The van der Waals surface area contributed by atoms with Crippen LogP contribution in [0, 0.1) is 5.82 Å². The highest BCUT2D eigenvalue weighted by molar-refractivity contribution is 7.10. The van der Waals surface area contributed by atoms with Crippen LogP contribution < -0.4 is 5.32 Å². The molecule has 0 aliphatic carbocycles. The van der Waals surface area contributed by atoms with Gasteiger partial charge in [0.15, 0.2) is 0 Å². The fourth-order valence-corrected chi connectivity index (χ4v) is 5.14. The number of amides is 2. The van der Waals surface area contributed by atoms with Crippen LogP contribution in [0.3, 0.4) is 0 Å². The highest BCUT2D eigenvalue weighted by atomic mass is 32.1. The van der Waals surface area contributed by atoms with Gasteiger partial charge in [0.1, 0.15) is 5.82 Å². The molecule has 1 aromatic carbocycles. The molecule has 1 unspecified atom stereocenters. The van der Waals surface area contributed by atoms with Crippen molar-refractivity contribution in [2.45, 2.75) is 37.8 Å². The number of carbonyl (C=O) groups excluding carboxylic acids is 2. The number of benzene rings is 1. The van der Waals surface area contributed by atoms with Gasteiger partial charge in [-0.1, -0.05) is 18.2 Å². The Bertz CT molecular complexity index is 850. The van der Waals surface area contributed by atoms with Crippen molar-refractivity contribution in [3.8, 4) is 0 Å². The smallest absolute Gasteiger partial charge is 0.254 e. The third kappa shape index (κ3) is 4.67. The maximum Gasteiger partial charge on any atom is 0.254 e. The monoisotopic (exact) mass is 415 g/mol. The summed E-state index contributed by atoms with van der Waals surface area (Å²) in [6.07, 6.45) is 3.62. The molecule has 0 radical (unpaired) electrons. The van der Waals surface area contributed by atoms with Gasteiger partial charge >= 0.3 is 0 Å². The van der Waals surface area contributed by atoms with E-state index in [1.807, 2.05) is 11.0 Å². The van der Waals surface area contributed by atoms with Crippen LogP contribution >= 0.6 is 11.3 Å². The third-order valence-electron chi connectivity index (χ3n) is 5.84. The molecule has 2 saturated heterocycles. The van der Waals surface area contributed by atoms with Crippen LogP contribution in [0.1, 0.15) is 47.0 Å².